The van der Waals surface area contributed by atoms with E-state index in [9.17, 15) is 30.0 Å². The summed E-state index contributed by atoms with van der Waals surface area (Å²) < 4.78 is 22.1. The number of aliphatic hydroxyl groups excluding tert-OH is 4. The van der Waals surface area contributed by atoms with Crippen molar-refractivity contribution >= 4 is 11.9 Å². The molecule has 0 aliphatic carbocycles. The van der Waals surface area contributed by atoms with Crippen molar-refractivity contribution in [1.29, 1.82) is 0 Å². The highest BCUT2D eigenvalue weighted by atomic mass is 16.7. The van der Waals surface area contributed by atoms with Crippen LogP contribution in [0.15, 0.2) is 48.6 Å². The van der Waals surface area contributed by atoms with Gasteiger partial charge in [-0.25, -0.2) is 0 Å². The Kier molecular flexibility index (Phi) is 33.2. The van der Waals surface area contributed by atoms with E-state index in [1.165, 1.54) is 64.2 Å². The van der Waals surface area contributed by atoms with Gasteiger partial charge in [-0.05, 0) is 70.6 Å². The van der Waals surface area contributed by atoms with Crippen molar-refractivity contribution in [2.24, 2.45) is 0 Å². The van der Waals surface area contributed by atoms with Gasteiger partial charge < -0.3 is 39.4 Å². The third kappa shape index (κ3) is 27.8. The molecule has 0 amide bonds. The van der Waals surface area contributed by atoms with E-state index in [4.69, 9.17) is 18.9 Å². The van der Waals surface area contributed by atoms with Crippen molar-refractivity contribution in [2.45, 2.75) is 205 Å². The molecule has 318 valence electrons. The van der Waals surface area contributed by atoms with Gasteiger partial charge in [0.25, 0.3) is 0 Å². The summed E-state index contributed by atoms with van der Waals surface area (Å²) in [5.41, 5.74) is 0. The highest BCUT2D eigenvalue weighted by molar-refractivity contribution is 5.70. The first-order valence-corrected chi connectivity index (χ1v) is 21.7. The number of rotatable bonds is 35. The lowest BCUT2D eigenvalue weighted by atomic mass is 9.99. The first kappa shape index (κ1) is 50.7. The van der Waals surface area contributed by atoms with E-state index in [0.717, 1.165) is 64.2 Å². The Bertz CT molecular complexity index is 1040. The van der Waals surface area contributed by atoms with E-state index in [2.05, 4.69) is 62.5 Å². The normalized spacial score (nSPS) is 21.0. The molecule has 55 heavy (non-hydrogen) atoms. The molecule has 0 saturated carbocycles. The number of esters is 2. The molecule has 2 unspecified atom stereocenters. The van der Waals surface area contributed by atoms with Gasteiger partial charge in [-0.3, -0.25) is 9.59 Å². The van der Waals surface area contributed by atoms with Crippen molar-refractivity contribution in [3.05, 3.63) is 48.6 Å². The predicted molar refractivity (Wildman–Crippen MR) is 219 cm³/mol. The number of carbonyl (C=O) groups excluding carboxylic acids is 2. The summed E-state index contributed by atoms with van der Waals surface area (Å²) in [6.07, 6.45) is 34.1. The Morgan fingerprint density at radius 2 is 1.04 bits per heavy atom. The highest BCUT2D eigenvalue weighted by Gasteiger charge is 2.44. The summed E-state index contributed by atoms with van der Waals surface area (Å²) in [6, 6.07) is 0. The van der Waals surface area contributed by atoms with Crippen LogP contribution in [0, 0.1) is 0 Å². The molecule has 1 rings (SSSR count). The summed E-state index contributed by atoms with van der Waals surface area (Å²) in [5.74, 6) is -0.880. The smallest absolute Gasteiger partial charge is 0.306 e. The fourth-order valence-corrected chi connectivity index (χ4v) is 6.20. The Morgan fingerprint density at radius 1 is 0.564 bits per heavy atom. The van der Waals surface area contributed by atoms with E-state index in [1.807, 2.05) is 0 Å². The van der Waals surface area contributed by atoms with Crippen molar-refractivity contribution in [3.8, 4) is 0 Å². The molecule has 1 saturated heterocycles. The van der Waals surface area contributed by atoms with Crippen molar-refractivity contribution < 1.29 is 49.0 Å². The van der Waals surface area contributed by atoms with Gasteiger partial charge in [-0.2, -0.15) is 0 Å². The molecule has 10 nitrogen and oxygen atoms in total. The number of ether oxygens (including phenoxy) is 4. The van der Waals surface area contributed by atoms with Crippen LogP contribution in [0.2, 0.25) is 0 Å². The lowest BCUT2D eigenvalue weighted by Gasteiger charge is -2.39. The van der Waals surface area contributed by atoms with Crippen LogP contribution in [0.1, 0.15) is 168 Å². The standard InChI is InChI=1S/C45H78O10/c1-3-5-7-9-11-13-15-17-18-19-20-22-23-25-27-29-31-33-40(47)52-36-38(37-53-45-44(51)43(50)42(49)39(35-46)55-45)54-41(48)34-32-30-28-26-24-21-16-14-12-10-8-6-4-2/h14,16-18,20,22,25,27,38-39,42-46,49-51H,3-13,15,19,21,23-24,26,28-37H2,1-2H3/b16-14+,18-17+,22-20+,27-25+/t38-,39-,42+,43?,44?,45-/m0/s1. The summed E-state index contributed by atoms with van der Waals surface area (Å²) >= 11 is 0. The second-order valence-electron chi connectivity index (χ2n) is 14.8. The Labute approximate surface area is 333 Å². The molecule has 1 fully saturated rings. The topological polar surface area (TPSA) is 152 Å². The monoisotopic (exact) mass is 779 g/mol. The minimum atomic E-state index is -1.60. The number of allylic oxidation sites excluding steroid dienone is 8. The minimum absolute atomic E-state index is 0.201. The van der Waals surface area contributed by atoms with Crippen LogP contribution in [-0.2, 0) is 28.5 Å². The van der Waals surface area contributed by atoms with Gasteiger partial charge in [0.1, 0.15) is 31.0 Å². The summed E-state index contributed by atoms with van der Waals surface area (Å²) in [5, 5.41) is 40.0. The van der Waals surface area contributed by atoms with E-state index >= 15 is 0 Å². The molecule has 10 heteroatoms. The van der Waals surface area contributed by atoms with Gasteiger partial charge in [-0.1, -0.05) is 133 Å². The molecule has 1 aliphatic heterocycles. The lowest BCUT2D eigenvalue weighted by Crippen LogP contribution is -2.59. The largest absolute Gasteiger partial charge is 0.462 e. The molecule has 6 atom stereocenters. The van der Waals surface area contributed by atoms with Crippen molar-refractivity contribution in [1.82, 2.24) is 0 Å². The first-order chi connectivity index (χ1) is 26.8. The fraction of sp³-hybridized carbons (Fsp3) is 0.778. The third-order valence-corrected chi connectivity index (χ3v) is 9.69. The maximum absolute atomic E-state index is 12.7. The molecule has 4 N–H and O–H groups in total. The third-order valence-electron chi connectivity index (χ3n) is 9.69. The second kappa shape index (κ2) is 36.0. The van der Waals surface area contributed by atoms with Crippen LogP contribution in [0.25, 0.3) is 0 Å². The minimum Gasteiger partial charge on any atom is -0.462 e. The molecular formula is C45H78O10. The van der Waals surface area contributed by atoms with Crippen LogP contribution in [0.4, 0.5) is 0 Å². The van der Waals surface area contributed by atoms with Crippen LogP contribution < -0.4 is 0 Å². The molecule has 0 aromatic heterocycles. The summed E-state index contributed by atoms with van der Waals surface area (Å²) in [4.78, 5) is 25.2. The Hall–Kier alpha value is -2.34. The van der Waals surface area contributed by atoms with Crippen LogP contribution in [-0.4, -0.2) is 89.0 Å². The number of carbonyl (C=O) groups is 2. The number of hydrogen-bond acceptors (Lipinski definition) is 10. The van der Waals surface area contributed by atoms with Gasteiger partial charge in [0.2, 0.25) is 0 Å². The van der Waals surface area contributed by atoms with Crippen LogP contribution in [0.5, 0.6) is 0 Å². The molecule has 1 aliphatic rings. The number of aliphatic hydroxyl groups is 4. The molecular weight excluding hydrogens is 700 g/mol. The molecule has 0 bridgehead atoms. The van der Waals surface area contributed by atoms with Crippen molar-refractivity contribution in [2.75, 3.05) is 19.8 Å². The zero-order valence-electron chi connectivity index (χ0n) is 34.4. The summed E-state index contributed by atoms with van der Waals surface area (Å²) in [7, 11) is 0. The van der Waals surface area contributed by atoms with Crippen LogP contribution in [0.3, 0.4) is 0 Å². The molecule has 0 aromatic rings. The summed E-state index contributed by atoms with van der Waals surface area (Å²) in [6.45, 7) is 3.33. The highest BCUT2D eigenvalue weighted by Crippen LogP contribution is 2.22. The van der Waals surface area contributed by atoms with Gasteiger partial charge in [0.15, 0.2) is 12.4 Å². The second-order valence-corrected chi connectivity index (χ2v) is 14.8. The lowest BCUT2D eigenvalue weighted by molar-refractivity contribution is -0.305. The molecule has 0 radical (unpaired) electrons. The Morgan fingerprint density at radius 3 is 1.62 bits per heavy atom. The zero-order chi connectivity index (χ0) is 40.2. The average Bonchev–Trinajstić information content (AvgIpc) is 3.18. The van der Waals surface area contributed by atoms with E-state index in [1.54, 1.807) is 0 Å². The number of hydrogen-bond donors (Lipinski definition) is 4. The van der Waals surface area contributed by atoms with E-state index in [-0.39, 0.29) is 26.1 Å². The zero-order valence-corrected chi connectivity index (χ0v) is 34.4. The fourth-order valence-electron chi connectivity index (χ4n) is 6.20. The predicted octanol–water partition coefficient (Wildman–Crippen LogP) is 8.88. The van der Waals surface area contributed by atoms with Crippen molar-refractivity contribution in [3.63, 3.8) is 0 Å². The molecule has 1 heterocycles. The average molecular weight is 779 g/mol. The van der Waals surface area contributed by atoms with Crippen LogP contribution >= 0.6 is 0 Å². The van der Waals surface area contributed by atoms with E-state index < -0.39 is 55.4 Å². The van der Waals surface area contributed by atoms with Gasteiger partial charge in [0.05, 0.1) is 13.2 Å². The van der Waals surface area contributed by atoms with Gasteiger partial charge in [0, 0.05) is 12.8 Å². The number of unbranched alkanes of at least 4 members (excludes halogenated alkanes) is 16. The molecule has 0 spiro atoms. The molecule has 0 aromatic carbocycles. The quantitative estimate of drug-likeness (QED) is 0.0279. The SMILES string of the molecule is CCCCCC/C=C/CCCCCCCC(=O)O[C@@H](COC(=O)CCC/C=C/C/C=C/C/C=C/CCCCCCCC)CO[C@H]1O[C@@H](CO)[C@@H](O)C(O)C1O. The first-order valence-electron chi connectivity index (χ1n) is 21.7. The van der Waals surface area contributed by atoms with E-state index in [0.29, 0.717) is 12.8 Å². The van der Waals surface area contributed by atoms with Gasteiger partial charge >= 0.3 is 11.9 Å². The maximum atomic E-state index is 12.7. The Balaban J connectivity index is 2.39. The van der Waals surface area contributed by atoms with Gasteiger partial charge in [-0.15, -0.1) is 0 Å². The maximum Gasteiger partial charge on any atom is 0.306 e.